The van der Waals surface area contributed by atoms with E-state index < -0.39 is 0 Å². The van der Waals surface area contributed by atoms with Gasteiger partial charge in [0.25, 0.3) is 5.91 Å². The molecule has 104 valence electrons. The molecule has 1 N–H and O–H groups in total. The molecule has 0 bridgehead atoms. The highest BCUT2D eigenvalue weighted by molar-refractivity contribution is 9.10. The van der Waals surface area contributed by atoms with Gasteiger partial charge in [0.05, 0.1) is 0 Å². The standard InChI is InChI=1S/C15H16BrN3O/c1-10-4-5-17-7-11(10)8-18-15(20)14-6-12(16)9-19(14)13-2-3-13/h4-7,9,13H,2-3,8H2,1H3,(H,18,20). The smallest absolute Gasteiger partial charge is 0.268 e. The quantitative estimate of drug-likeness (QED) is 0.933. The van der Waals surface area contributed by atoms with Gasteiger partial charge in [0, 0.05) is 35.6 Å². The summed E-state index contributed by atoms with van der Waals surface area (Å²) in [6.45, 7) is 2.53. The summed E-state index contributed by atoms with van der Waals surface area (Å²) in [5.41, 5.74) is 2.91. The lowest BCUT2D eigenvalue weighted by molar-refractivity contribution is 0.0941. The largest absolute Gasteiger partial charge is 0.347 e. The predicted octanol–water partition coefficient (Wildman–Crippen LogP) is 3.22. The van der Waals surface area contributed by atoms with Crippen LogP contribution in [0, 0.1) is 6.92 Å². The molecule has 5 heteroatoms. The van der Waals surface area contributed by atoms with Crippen LogP contribution in [0.1, 0.15) is 40.5 Å². The van der Waals surface area contributed by atoms with E-state index in [1.54, 1.807) is 12.4 Å². The van der Waals surface area contributed by atoms with Crippen LogP contribution in [0.25, 0.3) is 0 Å². The Kier molecular flexibility index (Phi) is 3.61. The first-order chi connectivity index (χ1) is 9.65. The minimum atomic E-state index is -0.0362. The van der Waals surface area contributed by atoms with Crippen LogP contribution in [0.2, 0.25) is 0 Å². The van der Waals surface area contributed by atoms with Crippen molar-refractivity contribution in [3.05, 3.63) is 52.0 Å². The molecule has 1 aliphatic rings. The topological polar surface area (TPSA) is 46.9 Å². The molecule has 1 saturated carbocycles. The third kappa shape index (κ3) is 2.77. The number of pyridine rings is 1. The number of halogens is 1. The van der Waals surface area contributed by atoms with E-state index in [0.717, 1.165) is 34.1 Å². The maximum atomic E-state index is 12.3. The van der Waals surface area contributed by atoms with Crippen molar-refractivity contribution in [2.75, 3.05) is 0 Å². The number of carbonyl (C=O) groups excluding carboxylic acids is 1. The van der Waals surface area contributed by atoms with E-state index in [-0.39, 0.29) is 5.91 Å². The molecule has 1 amide bonds. The summed E-state index contributed by atoms with van der Waals surface area (Å²) in [6, 6.07) is 4.32. The third-order valence-corrected chi connectivity index (χ3v) is 4.01. The van der Waals surface area contributed by atoms with Crippen LogP contribution in [0.4, 0.5) is 0 Å². The van der Waals surface area contributed by atoms with E-state index in [2.05, 4.69) is 30.8 Å². The van der Waals surface area contributed by atoms with Gasteiger partial charge >= 0.3 is 0 Å². The van der Waals surface area contributed by atoms with Gasteiger partial charge in [-0.25, -0.2) is 0 Å². The molecular weight excluding hydrogens is 318 g/mol. The Morgan fingerprint density at radius 3 is 3.05 bits per heavy atom. The fraction of sp³-hybridized carbons (Fsp3) is 0.333. The highest BCUT2D eigenvalue weighted by Crippen LogP contribution is 2.37. The zero-order chi connectivity index (χ0) is 14.1. The molecule has 2 heterocycles. The number of amides is 1. The first-order valence-electron chi connectivity index (χ1n) is 6.70. The average molecular weight is 334 g/mol. The summed E-state index contributed by atoms with van der Waals surface area (Å²) < 4.78 is 3.02. The molecular formula is C15H16BrN3O. The lowest BCUT2D eigenvalue weighted by Gasteiger charge is -2.09. The van der Waals surface area contributed by atoms with Gasteiger partial charge in [-0.05, 0) is 59.0 Å². The Hall–Kier alpha value is -1.62. The van der Waals surface area contributed by atoms with E-state index >= 15 is 0 Å². The first kappa shape index (κ1) is 13.4. The number of nitrogens with one attached hydrogen (secondary N) is 1. The van der Waals surface area contributed by atoms with Gasteiger partial charge in [0.1, 0.15) is 5.69 Å². The summed E-state index contributed by atoms with van der Waals surface area (Å²) in [6.07, 6.45) is 7.86. The monoisotopic (exact) mass is 333 g/mol. The first-order valence-corrected chi connectivity index (χ1v) is 7.49. The van der Waals surface area contributed by atoms with Gasteiger partial charge in [0.2, 0.25) is 0 Å². The SMILES string of the molecule is Cc1ccncc1CNC(=O)c1cc(Br)cn1C1CC1. The summed E-state index contributed by atoms with van der Waals surface area (Å²) in [7, 11) is 0. The number of carbonyl (C=O) groups is 1. The van der Waals surface area contributed by atoms with Crippen molar-refractivity contribution < 1.29 is 4.79 Å². The molecule has 0 unspecified atom stereocenters. The third-order valence-electron chi connectivity index (χ3n) is 3.57. The van der Waals surface area contributed by atoms with Crippen LogP contribution in [0.15, 0.2) is 35.2 Å². The van der Waals surface area contributed by atoms with Gasteiger partial charge in [-0.15, -0.1) is 0 Å². The maximum Gasteiger partial charge on any atom is 0.268 e. The second-order valence-corrected chi connectivity index (χ2v) is 6.08. The van der Waals surface area contributed by atoms with Crippen LogP contribution in [-0.4, -0.2) is 15.5 Å². The van der Waals surface area contributed by atoms with Crippen molar-refractivity contribution in [3.8, 4) is 0 Å². The summed E-state index contributed by atoms with van der Waals surface area (Å²) >= 11 is 3.44. The molecule has 2 aromatic rings. The molecule has 0 aromatic carbocycles. The second-order valence-electron chi connectivity index (χ2n) is 5.17. The summed E-state index contributed by atoms with van der Waals surface area (Å²) in [5.74, 6) is -0.0362. The van der Waals surface area contributed by atoms with E-state index in [0.29, 0.717) is 12.6 Å². The Bertz CT molecular complexity index is 646. The van der Waals surface area contributed by atoms with Gasteiger partial charge in [-0.1, -0.05) is 0 Å². The lowest BCUT2D eigenvalue weighted by atomic mass is 10.1. The molecule has 4 nitrogen and oxygen atoms in total. The van der Waals surface area contributed by atoms with Crippen molar-refractivity contribution in [1.29, 1.82) is 0 Å². The Morgan fingerprint density at radius 1 is 1.55 bits per heavy atom. The highest BCUT2D eigenvalue weighted by Gasteiger charge is 2.27. The lowest BCUT2D eigenvalue weighted by Crippen LogP contribution is -2.25. The number of hydrogen-bond donors (Lipinski definition) is 1. The van der Waals surface area contributed by atoms with E-state index in [1.807, 2.05) is 25.3 Å². The Balaban J connectivity index is 1.72. The second kappa shape index (κ2) is 5.40. The number of rotatable bonds is 4. The molecule has 3 rings (SSSR count). The van der Waals surface area contributed by atoms with Crippen molar-refractivity contribution in [2.24, 2.45) is 0 Å². The molecule has 2 aromatic heterocycles. The van der Waals surface area contributed by atoms with Gasteiger partial charge in [-0.3, -0.25) is 9.78 Å². The molecule has 0 spiro atoms. The zero-order valence-electron chi connectivity index (χ0n) is 11.3. The average Bonchev–Trinajstić information content (AvgIpc) is 3.20. The Morgan fingerprint density at radius 2 is 2.35 bits per heavy atom. The number of nitrogens with zero attached hydrogens (tertiary/aromatic N) is 2. The summed E-state index contributed by atoms with van der Waals surface area (Å²) in [4.78, 5) is 16.4. The van der Waals surface area contributed by atoms with Crippen LogP contribution in [0.3, 0.4) is 0 Å². The molecule has 20 heavy (non-hydrogen) atoms. The van der Waals surface area contributed by atoms with Crippen molar-refractivity contribution in [3.63, 3.8) is 0 Å². The number of aromatic nitrogens is 2. The maximum absolute atomic E-state index is 12.3. The van der Waals surface area contributed by atoms with Crippen molar-refractivity contribution >= 4 is 21.8 Å². The molecule has 1 fully saturated rings. The normalized spacial score (nSPS) is 14.3. The fourth-order valence-corrected chi connectivity index (χ4v) is 2.67. The highest BCUT2D eigenvalue weighted by atomic mass is 79.9. The predicted molar refractivity (Wildman–Crippen MR) is 80.5 cm³/mol. The van der Waals surface area contributed by atoms with E-state index in [1.165, 1.54) is 0 Å². The molecule has 0 aliphatic heterocycles. The summed E-state index contributed by atoms with van der Waals surface area (Å²) in [5, 5.41) is 2.97. The van der Waals surface area contributed by atoms with Gasteiger partial charge < -0.3 is 9.88 Å². The fourth-order valence-electron chi connectivity index (χ4n) is 2.23. The van der Waals surface area contributed by atoms with E-state index in [9.17, 15) is 4.79 Å². The van der Waals surface area contributed by atoms with Crippen LogP contribution in [0.5, 0.6) is 0 Å². The van der Waals surface area contributed by atoms with Crippen molar-refractivity contribution in [2.45, 2.75) is 32.4 Å². The van der Waals surface area contributed by atoms with Crippen LogP contribution < -0.4 is 5.32 Å². The zero-order valence-corrected chi connectivity index (χ0v) is 12.9. The van der Waals surface area contributed by atoms with Crippen molar-refractivity contribution in [1.82, 2.24) is 14.9 Å². The number of hydrogen-bond acceptors (Lipinski definition) is 2. The van der Waals surface area contributed by atoms with E-state index in [4.69, 9.17) is 0 Å². The molecule has 0 atom stereocenters. The van der Waals surface area contributed by atoms with Crippen LogP contribution in [-0.2, 0) is 6.54 Å². The minimum Gasteiger partial charge on any atom is -0.347 e. The van der Waals surface area contributed by atoms with Gasteiger partial charge in [0.15, 0.2) is 0 Å². The molecule has 1 aliphatic carbocycles. The number of aryl methyl sites for hydroxylation is 1. The Labute approximate surface area is 126 Å². The minimum absolute atomic E-state index is 0.0362. The van der Waals surface area contributed by atoms with Crippen LogP contribution >= 0.6 is 15.9 Å². The molecule has 0 saturated heterocycles. The molecule has 0 radical (unpaired) electrons. The van der Waals surface area contributed by atoms with Gasteiger partial charge in [-0.2, -0.15) is 0 Å².